The molecule has 1 atom stereocenters. The molecule has 0 heterocycles. The van der Waals surface area contributed by atoms with Gasteiger partial charge in [0.25, 0.3) is 0 Å². The first kappa shape index (κ1) is 15.7. The molecule has 1 amide bonds. The van der Waals surface area contributed by atoms with Crippen molar-refractivity contribution in [3.05, 3.63) is 0 Å². The maximum absolute atomic E-state index is 12.3. The van der Waals surface area contributed by atoms with Gasteiger partial charge in [-0.2, -0.15) is 0 Å². The molecule has 0 saturated carbocycles. The average molecular weight is 243 g/mol. The fourth-order valence-corrected chi connectivity index (χ4v) is 1.79. The zero-order valence-corrected chi connectivity index (χ0v) is 11.3. The lowest BCUT2D eigenvalue weighted by molar-refractivity contribution is -0.134. The fourth-order valence-electron chi connectivity index (χ4n) is 1.79. The van der Waals surface area contributed by atoms with Crippen LogP contribution in [0, 0.1) is 11.8 Å². The third kappa shape index (κ3) is 4.63. The van der Waals surface area contributed by atoms with E-state index in [-0.39, 0.29) is 17.7 Å². The molecule has 0 aromatic heterocycles. The summed E-state index contributed by atoms with van der Waals surface area (Å²) < 4.78 is 0. The van der Waals surface area contributed by atoms with Crippen molar-refractivity contribution in [3.8, 4) is 0 Å². The van der Waals surface area contributed by atoms with E-state index in [1.807, 2.05) is 20.8 Å². The summed E-state index contributed by atoms with van der Waals surface area (Å²) in [5.41, 5.74) is 5.59. The summed E-state index contributed by atoms with van der Waals surface area (Å²) in [6.45, 7) is 9.20. The minimum atomic E-state index is -0.531. The monoisotopic (exact) mass is 243 g/mol. The Morgan fingerprint density at radius 1 is 1.41 bits per heavy atom. The number of oxime groups is 1. The Labute approximate surface area is 104 Å². The maximum Gasteiger partial charge on any atom is 0.233 e. The zero-order chi connectivity index (χ0) is 13.4. The van der Waals surface area contributed by atoms with Crippen LogP contribution in [0.2, 0.25) is 0 Å². The minimum Gasteiger partial charge on any atom is -0.409 e. The summed E-state index contributed by atoms with van der Waals surface area (Å²) in [6, 6.07) is 0. The van der Waals surface area contributed by atoms with E-state index in [1.165, 1.54) is 0 Å². The van der Waals surface area contributed by atoms with Gasteiger partial charge in [-0.3, -0.25) is 4.79 Å². The highest BCUT2D eigenvalue weighted by molar-refractivity contribution is 6.02. The molecule has 0 aliphatic heterocycles. The van der Waals surface area contributed by atoms with Gasteiger partial charge in [-0.1, -0.05) is 32.3 Å². The molecule has 0 bridgehead atoms. The molecular formula is C12H25N3O2. The van der Waals surface area contributed by atoms with Crippen LogP contribution in [0.5, 0.6) is 0 Å². The lowest BCUT2D eigenvalue weighted by atomic mass is 9.93. The average Bonchev–Trinajstić information content (AvgIpc) is 2.29. The van der Waals surface area contributed by atoms with Gasteiger partial charge in [0.05, 0.1) is 0 Å². The second kappa shape index (κ2) is 7.92. The second-order valence-corrected chi connectivity index (χ2v) is 4.52. The van der Waals surface area contributed by atoms with Crippen molar-refractivity contribution in [3.63, 3.8) is 0 Å². The van der Waals surface area contributed by atoms with Crippen molar-refractivity contribution < 1.29 is 10.0 Å². The molecule has 0 rings (SSSR count). The van der Waals surface area contributed by atoms with E-state index in [0.717, 1.165) is 19.4 Å². The molecule has 100 valence electrons. The van der Waals surface area contributed by atoms with Gasteiger partial charge in [0.2, 0.25) is 5.91 Å². The molecule has 0 spiro atoms. The number of carbonyl (C=O) groups is 1. The summed E-state index contributed by atoms with van der Waals surface area (Å²) in [5.74, 6) is -0.558. The van der Waals surface area contributed by atoms with E-state index in [9.17, 15) is 4.79 Å². The van der Waals surface area contributed by atoms with Crippen molar-refractivity contribution in [2.24, 2.45) is 22.7 Å². The Bertz CT molecular complexity index is 264. The molecule has 0 aliphatic rings. The molecular weight excluding hydrogens is 218 g/mol. The first-order valence-corrected chi connectivity index (χ1v) is 6.25. The topological polar surface area (TPSA) is 78.9 Å². The molecule has 0 aromatic rings. The van der Waals surface area contributed by atoms with E-state index >= 15 is 0 Å². The standard InChI is InChI=1S/C12H25N3O2/c1-5-7-8-15(6-2)12(16)10(9(3)4)11(13)14-17/h9-10,17H,5-8H2,1-4H3,(H2,13,14). The van der Waals surface area contributed by atoms with Crippen LogP contribution in [-0.4, -0.2) is 34.9 Å². The molecule has 0 aliphatic carbocycles. The number of amidine groups is 1. The predicted octanol–water partition coefficient (Wildman–Crippen LogP) is 1.65. The fraction of sp³-hybridized carbons (Fsp3) is 0.833. The first-order valence-electron chi connectivity index (χ1n) is 6.25. The lowest BCUT2D eigenvalue weighted by Gasteiger charge is -2.27. The number of nitrogens with zero attached hydrogens (tertiary/aromatic N) is 2. The Hall–Kier alpha value is -1.26. The molecule has 5 heteroatoms. The summed E-state index contributed by atoms with van der Waals surface area (Å²) >= 11 is 0. The second-order valence-electron chi connectivity index (χ2n) is 4.52. The normalized spacial score (nSPS) is 13.8. The van der Waals surface area contributed by atoms with Crippen LogP contribution in [0.4, 0.5) is 0 Å². The van der Waals surface area contributed by atoms with Gasteiger partial charge < -0.3 is 15.8 Å². The Kier molecular flexibility index (Phi) is 7.34. The van der Waals surface area contributed by atoms with Gasteiger partial charge in [-0.15, -0.1) is 0 Å². The number of hydrogen-bond donors (Lipinski definition) is 2. The lowest BCUT2D eigenvalue weighted by Crippen LogP contribution is -2.44. The molecule has 17 heavy (non-hydrogen) atoms. The number of nitrogens with two attached hydrogens (primary N) is 1. The number of carbonyl (C=O) groups excluding carboxylic acids is 1. The number of hydrogen-bond acceptors (Lipinski definition) is 3. The highest BCUT2D eigenvalue weighted by atomic mass is 16.4. The van der Waals surface area contributed by atoms with Gasteiger partial charge in [0, 0.05) is 13.1 Å². The van der Waals surface area contributed by atoms with Crippen molar-refractivity contribution in [1.82, 2.24) is 4.90 Å². The van der Waals surface area contributed by atoms with Crippen molar-refractivity contribution in [1.29, 1.82) is 0 Å². The van der Waals surface area contributed by atoms with Crippen LogP contribution < -0.4 is 5.73 Å². The Balaban J connectivity index is 4.80. The number of amides is 1. The molecule has 0 fully saturated rings. The van der Waals surface area contributed by atoms with E-state index in [0.29, 0.717) is 6.54 Å². The van der Waals surface area contributed by atoms with Crippen LogP contribution in [0.25, 0.3) is 0 Å². The first-order chi connectivity index (χ1) is 7.99. The molecule has 0 saturated heterocycles. The molecule has 0 aromatic carbocycles. The summed E-state index contributed by atoms with van der Waals surface area (Å²) in [6.07, 6.45) is 2.01. The van der Waals surface area contributed by atoms with Crippen LogP contribution >= 0.6 is 0 Å². The van der Waals surface area contributed by atoms with Crippen LogP contribution in [0.15, 0.2) is 5.16 Å². The van der Waals surface area contributed by atoms with Crippen molar-refractivity contribution in [2.75, 3.05) is 13.1 Å². The third-order valence-electron chi connectivity index (χ3n) is 2.84. The highest BCUT2D eigenvalue weighted by Gasteiger charge is 2.29. The summed E-state index contributed by atoms with van der Waals surface area (Å²) in [4.78, 5) is 14.0. The molecule has 3 N–H and O–H groups in total. The Morgan fingerprint density at radius 3 is 2.35 bits per heavy atom. The zero-order valence-electron chi connectivity index (χ0n) is 11.3. The van der Waals surface area contributed by atoms with Crippen molar-refractivity contribution in [2.45, 2.75) is 40.5 Å². The molecule has 1 unspecified atom stereocenters. The van der Waals surface area contributed by atoms with Gasteiger partial charge in [0.1, 0.15) is 5.92 Å². The predicted molar refractivity (Wildman–Crippen MR) is 68.9 cm³/mol. The van der Waals surface area contributed by atoms with Gasteiger partial charge in [0.15, 0.2) is 5.84 Å². The SMILES string of the molecule is CCCCN(CC)C(=O)C(/C(N)=N/O)C(C)C. The number of rotatable bonds is 7. The summed E-state index contributed by atoms with van der Waals surface area (Å²) in [5, 5.41) is 11.7. The third-order valence-corrected chi connectivity index (χ3v) is 2.84. The van der Waals surface area contributed by atoms with Crippen LogP contribution in [-0.2, 0) is 4.79 Å². The largest absolute Gasteiger partial charge is 0.409 e. The van der Waals surface area contributed by atoms with Gasteiger partial charge >= 0.3 is 0 Å². The van der Waals surface area contributed by atoms with Crippen LogP contribution in [0.3, 0.4) is 0 Å². The van der Waals surface area contributed by atoms with E-state index < -0.39 is 5.92 Å². The molecule has 5 nitrogen and oxygen atoms in total. The van der Waals surface area contributed by atoms with Gasteiger partial charge in [-0.05, 0) is 19.3 Å². The highest BCUT2D eigenvalue weighted by Crippen LogP contribution is 2.15. The van der Waals surface area contributed by atoms with E-state index in [4.69, 9.17) is 10.9 Å². The maximum atomic E-state index is 12.3. The van der Waals surface area contributed by atoms with E-state index in [1.54, 1.807) is 4.90 Å². The van der Waals surface area contributed by atoms with Gasteiger partial charge in [-0.25, -0.2) is 0 Å². The summed E-state index contributed by atoms with van der Waals surface area (Å²) in [7, 11) is 0. The Morgan fingerprint density at radius 2 is 2.00 bits per heavy atom. The van der Waals surface area contributed by atoms with E-state index in [2.05, 4.69) is 12.1 Å². The van der Waals surface area contributed by atoms with Crippen molar-refractivity contribution >= 4 is 11.7 Å². The van der Waals surface area contributed by atoms with Crippen LogP contribution in [0.1, 0.15) is 40.5 Å². The minimum absolute atomic E-state index is 0.0000477. The quantitative estimate of drug-likeness (QED) is 0.309. The number of unbranched alkanes of at least 4 members (excludes halogenated alkanes) is 1. The molecule has 0 radical (unpaired) electrons. The smallest absolute Gasteiger partial charge is 0.233 e.